The fourth-order valence-corrected chi connectivity index (χ4v) is 2.80. The maximum Gasteiger partial charge on any atom is 0.324 e. The van der Waals surface area contributed by atoms with Gasteiger partial charge in [0.05, 0.1) is 18.6 Å². The number of carbonyl (C=O) groups excluding carboxylic acids is 1. The van der Waals surface area contributed by atoms with Crippen LogP contribution >= 0.6 is 12.4 Å². The van der Waals surface area contributed by atoms with Crippen LogP contribution < -0.4 is 4.90 Å². The van der Waals surface area contributed by atoms with Crippen molar-refractivity contribution < 1.29 is 4.79 Å². The number of halogens is 1. The lowest BCUT2D eigenvalue weighted by Gasteiger charge is -2.19. The van der Waals surface area contributed by atoms with Gasteiger partial charge in [0.1, 0.15) is 0 Å². The molecule has 2 aromatic rings. The van der Waals surface area contributed by atoms with Gasteiger partial charge in [-0.1, -0.05) is 6.07 Å². The zero-order chi connectivity index (χ0) is 15.0. The van der Waals surface area contributed by atoms with E-state index in [4.69, 9.17) is 0 Å². The van der Waals surface area contributed by atoms with Crippen molar-refractivity contribution in [3.63, 3.8) is 0 Å². The summed E-state index contributed by atoms with van der Waals surface area (Å²) in [6.45, 7) is 8.12. The fraction of sp³-hybridized carbons (Fsp3) is 0.375. The minimum Gasteiger partial charge on any atom is -0.348 e. The van der Waals surface area contributed by atoms with E-state index in [2.05, 4.69) is 42.0 Å². The van der Waals surface area contributed by atoms with Gasteiger partial charge in [-0.3, -0.25) is 4.90 Å². The van der Waals surface area contributed by atoms with Gasteiger partial charge in [-0.25, -0.2) is 9.78 Å². The predicted octanol–water partition coefficient (Wildman–Crippen LogP) is 3.20. The van der Waals surface area contributed by atoms with Gasteiger partial charge in [0.25, 0.3) is 0 Å². The van der Waals surface area contributed by atoms with Crippen molar-refractivity contribution in [2.24, 2.45) is 0 Å². The van der Waals surface area contributed by atoms with Crippen LogP contribution in [-0.2, 0) is 6.54 Å². The third-order valence-corrected chi connectivity index (χ3v) is 3.89. The van der Waals surface area contributed by atoms with Gasteiger partial charge in [0, 0.05) is 24.5 Å². The van der Waals surface area contributed by atoms with E-state index in [1.54, 1.807) is 6.33 Å². The first-order chi connectivity index (χ1) is 10.0. The van der Waals surface area contributed by atoms with Crippen LogP contribution in [0.5, 0.6) is 0 Å². The Labute approximate surface area is 136 Å². The number of benzene rings is 1. The van der Waals surface area contributed by atoms with Crippen molar-refractivity contribution >= 4 is 24.1 Å². The Morgan fingerprint density at radius 1 is 1.14 bits per heavy atom. The van der Waals surface area contributed by atoms with Crippen LogP contribution in [0.2, 0.25) is 0 Å². The van der Waals surface area contributed by atoms with Crippen LogP contribution in [0, 0.1) is 20.8 Å². The van der Waals surface area contributed by atoms with Gasteiger partial charge in [-0.05, 0) is 44.0 Å². The number of carbonyl (C=O) groups is 1. The van der Waals surface area contributed by atoms with E-state index in [0.717, 1.165) is 30.2 Å². The van der Waals surface area contributed by atoms with Gasteiger partial charge in [-0.2, -0.15) is 0 Å². The number of urea groups is 1. The van der Waals surface area contributed by atoms with Gasteiger partial charge in [0.15, 0.2) is 0 Å². The van der Waals surface area contributed by atoms with Crippen molar-refractivity contribution in [2.45, 2.75) is 27.3 Å². The molecule has 0 bridgehead atoms. The van der Waals surface area contributed by atoms with Crippen LogP contribution in [0.1, 0.15) is 22.5 Å². The number of H-pyrrole nitrogens is 1. The average molecular weight is 321 g/mol. The van der Waals surface area contributed by atoms with E-state index >= 15 is 0 Å². The van der Waals surface area contributed by atoms with E-state index in [9.17, 15) is 4.79 Å². The summed E-state index contributed by atoms with van der Waals surface area (Å²) in [6, 6.07) is 6.31. The topological polar surface area (TPSA) is 52.2 Å². The van der Waals surface area contributed by atoms with Crippen LogP contribution in [0.25, 0.3) is 0 Å². The zero-order valence-electron chi connectivity index (χ0n) is 13.1. The molecule has 0 unspecified atom stereocenters. The molecule has 118 valence electrons. The summed E-state index contributed by atoms with van der Waals surface area (Å²) in [6.07, 6.45) is 1.67. The van der Waals surface area contributed by atoms with Gasteiger partial charge < -0.3 is 9.88 Å². The Hall–Kier alpha value is -2.01. The summed E-state index contributed by atoms with van der Waals surface area (Å²) in [4.78, 5) is 23.6. The molecule has 0 saturated carbocycles. The molecule has 1 aliphatic rings. The third-order valence-electron chi connectivity index (χ3n) is 3.89. The second-order valence-corrected chi connectivity index (χ2v) is 5.68. The van der Waals surface area contributed by atoms with E-state index < -0.39 is 0 Å². The van der Waals surface area contributed by atoms with E-state index in [1.807, 2.05) is 16.7 Å². The van der Waals surface area contributed by atoms with Crippen molar-refractivity contribution in [1.29, 1.82) is 0 Å². The molecule has 2 amide bonds. The van der Waals surface area contributed by atoms with Crippen molar-refractivity contribution in [3.05, 3.63) is 47.0 Å². The second-order valence-electron chi connectivity index (χ2n) is 5.68. The number of rotatable bonds is 3. The molecule has 22 heavy (non-hydrogen) atoms. The molecule has 0 aliphatic carbocycles. The number of hydrogen-bond acceptors (Lipinski definition) is 2. The summed E-state index contributed by atoms with van der Waals surface area (Å²) in [5, 5.41) is 0. The van der Waals surface area contributed by atoms with Gasteiger partial charge >= 0.3 is 6.03 Å². The second kappa shape index (κ2) is 6.40. The summed E-state index contributed by atoms with van der Waals surface area (Å²) >= 11 is 0. The van der Waals surface area contributed by atoms with Crippen LogP contribution in [0.4, 0.5) is 10.5 Å². The van der Waals surface area contributed by atoms with E-state index in [0.29, 0.717) is 6.54 Å². The molecule has 0 atom stereocenters. The molecule has 0 radical (unpaired) electrons. The quantitative estimate of drug-likeness (QED) is 0.944. The van der Waals surface area contributed by atoms with Crippen molar-refractivity contribution in [3.8, 4) is 0 Å². The number of nitrogens with one attached hydrogen (secondary N) is 1. The first-order valence-corrected chi connectivity index (χ1v) is 7.18. The fourth-order valence-electron chi connectivity index (χ4n) is 2.80. The maximum atomic E-state index is 12.6. The highest BCUT2D eigenvalue weighted by atomic mass is 35.5. The highest BCUT2D eigenvalue weighted by molar-refractivity contribution is 5.94. The lowest BCUT2D eigenvalue weighted by Crippen LogP contribution is -2.31. The molecule has 2 heterocycles. The normalized spacial score (nSPS) is 14.4. The average Bonchev–Trinajstić information content (AvgIpc) is 2.97. The van der Waals surface area contributed by atoms with E-state index in [-0.39, 0.29) is 18.4 Å². The molecule has 0 spiro atoms. The SMILES string of the molecule is Cc1cc(C)cc(N2CCN(Cc3nc[nH]c3C)C2=O)c1.Cl. The molecule has 6 heteroatoms. The molecule has 5 nitrogen and oxygen atoms in total. The Morgan fingerprint density at radius 3 is 2.41 bits per heavy atom. The lowest BCUT2D eigenvalue weighted by molar-refractivity contribution is 0.218. The highest BCUT2D eigenvalue weighted by Crippen LogP contribution is 2.24. The Bertz CT molecular complexity index is 662. The van der Waals surface area contributed by atoms with Crippen LogP contribution in [0.3, 0.4) is 0 Å². The number of aromatic nitrogens is 2. The minimum absolute atomic E-state index is 0. The number of hydrogen-bond donors (Lipinski definition) is 1. The van der Waals surface area contributed by atoms with Gasteiger partial charge in [-0.15, -0.1) is 12.4 Å². The number of imidazole rings is 1. The molecule has 1 aromatic heterocycles. The molecule has 3 rings (SSSR count). The Morgan fingerprint density at radius 2 is 1.82 bits per heavy atom. The van der Waals surface area contributed by atoms with Crippen molar-refractivity contribution in [1.82, 2.24) is 14.9 Å². The van der Waals surface area contributed by atoms with Crippen LogP contribution in [-0.4, -0.2) is 34.0 Å². The number of anilines is 1. The molecular formula is C16H21ClN4O. The first-order valence-electron chi connectivity index (χ1n) is 7.18. The Kier molecular flexibility index (Phi) is 4.76. The predicted molar refractivity (Wildman–Crippen MR) is 89.6 cm³/mol. The summed E-state index contributed by atoms with van der Waals surface area (Å²) < 4.78 is 0. The number of aryl methyl sites for hydroxylation is 3. The summed E-state index contributed by atoms with van der Waals surface area (Å²) in [5.41, 5.74) is 5.30. The van der Waals surface area contributed by atoms with E-state index in [1.165, 1.54) is 11.1 Å². The summed E-state index contributed by atoms with van der Waals surface area (Å²) in [5.74, 6) is 0. The molecule has 1 N–H and O–H groups in total. The molecule has 1 fully saturated rings. The third kappa shape index (κ3) is 3.09. The minimum atomic E-state index is 0. The smallest absolute Gasteiger partial charge is 0.324 e. The zero-order valence-corrected chi connectivity index (χ0v) is 13.9. The summed E-state index contributed by atoms with van der Waals surface area (Å²) in [7, 11) is 0. The van der Waals surface area contributed by atoms with Gasteiger partial charge in [0.2, 0.25) is 0 Å². The number of amides is 2. The lowest BCUT2D eigenvalue weighted by atomic mass is 10.1. The standard InChI is InChI=1S/C16H20N4O.ClH/c1-11-6-12(2)8-14(7-11)20-5-4-19(16(20)21)9-15-13(3)17-10-18-15;/h6-8,10H,4-5,9H2,1-3H3,(H,17,18);1H. The molecule has 1 aromatic carbocycles. The highest BCUT2D eigenvalue weighted by Gasteiger charge is 2.30. The number of aromatic amines is 1. The largest absolute Gasteiger partial charge is 0.348 e. The molecular weight excluding hydrogens is 300 g/mol. The first kappa shape index (κ1) is 16.4. The number of nitrogens with zero attached hydrogens (tertiary/aromatic N) is 3. The molecule has 1 saturated heterocycles. The molecule has 1 aliphatic heterocycles. The Balaban J connectivity index is 0.00000176. The van der Waals surface area contributed by atoms with Crippen LogP contribution in [0.15, 0.2) is 24.5 Å². The van der Waals surface area contributed by atoms with Crippen molar-refractivity contribution in [2.75, 3.05) is 18.0 Å². The monoisotopic (exact) mass is 320 g/mol. The maximum absolute atomic E-state index is 12.6.